The molecule has 0 aromatic heterocycles. The largest absolute Gasteiger partial charge is 0.472 e. The van der Waals surface area contributed by atoms with Crippen molar-refractivity contribution in [3.63, 3.8) is 0 Å². The molecule has 0 heterocycles. The van der Waals surface area contributed by atoms with Crippen LogP contribution in [0.15, 0.2) is 182 Å². The predicted molar refractivity (Wildman–Crippen MR) is 481 cm³/mol. The number of phosphoric ester groups is 2. The van der Waals surface area contributed by atoms with Crippen molar-refractivity contribution >= 4 is 33.6 Å². The van der Waals surface area contributed by atoms with Gasteiger partial charge in [-0.3, -0.25) is 32.5 Å². The standard InChI is InChI=1S/C97H162O16P2/c1-4-7-10-13-16-19-22-25-28-31-34-37-40-42-43-44-45-46-47-49-52-53-56-59-62-65-68-71-74-77-80-83-95(100)107-86-92(98)87-109-114(103,104)110-88-93(99)89-111-115(105,106)112-91-94(113-97(102)85-82-79-76-73-70-67-64-61-58-55-50-39-36-33-30-27-24-21-18-15-12-9-6-3)90-108-96(101)84-81-78-75-72-69-66-63-60-57-54-51-48-41-38-35-32-29-26-23-20-17-14-11-8-5-2/h7,9-10,12,16-21,25-30,34-39,42-43,48,51,55,58,64,67,92-94,98-99H,4-6,8,11,13-15,22-24,31-33,40-41,44-47,49-50,52-54,56-57,59-63,65-66,68-91H2,1-3H3,(H,103,104)(H,105,106)/b10-7-,12-9-,19-16-,20-17-,21-18-,28-25-,29-26-,30-27-,37-34-,38-35-,39-36-,43-42-,51-48-,58-55-,67-64-. The number of unbranched alkanes of at least 4 members (excludes halogenated alkanes) is 31. The molecule has 0 aromatic rings. The highest BCUT2D eigenvalue weighted by Crippen LogP contribution is 2.45. The van der Waals surface area contributed by atoms with Gasteiger partial charge in [0.2, 0.25) is 0 Å². The van der Waals surface area contributed by atoms with Crippen molar-refractivity contribution in [3.8, 4) is 0 Å². The Bertz CT molecular complexity index is 2820. The first-order valence-electron chi connectivity index (χ1n) is 45.1. The molecule has 0 saturated heterocycles. The lowest BCUT2D eigenvalue weighted by molar-refractivity contribution is -0.161. The lowest BCUT2D eigenvalue weighted by atomic mass is 10.0. The Labute approximate surface area is 700 Å². The van der Waals surface area contributed by atoms with E-state index in [1.54, 1.807) is 0 Å². The number of carbonyl (C=O) groups excluding carboxylic acids is 3. The summed E-state index contributed by atoms with van der Waals surface area (Å²) in [5.41, 5.74) is 0. The predicted octanol–water partition coefficient (Wildman–Crippen LogP) is 27.7. The minimum atomic E-state index is -4.95. The van der Waals surface area contributed by atoms with Crippen molar-refractivity contribution in [2.45, 2.75) is 373 Å². The summed E-state index contributed by atoms with van der Waals surface area (Å²) in [7, 11) is -9.83. The molecule has 0 rings (SSSR count). The van der Waals surface area contributed by atoms with Crippen molar-refractivity contribution in [2.75, 3.05) is 39.6 Å². The Morgan fingerprint density at radius 2 is 0.461 bits per heavy atom. The van der Waals surface area contributed by atoms with Crippen LogP contribution in [0.3, 0.4) is 0 Å². The number of hydrogen-bond donors (Lipinski definition) is 4. The summed E-state index contributed by atoms with van der Waals surface area (Å²) in [5, 5.41) is 20.7. The molecule has 5 unspecified atom stereocenters. The Balaban J connectivity index is 4.64. The quantitative estimate of drug-likeness (QED) is 0.0146. The molecule has 0 bridgehead atoms. The maximum atomic E-state index is 13.1. The van der Waals surface area contributed by atoms with Gasteiger partial charge in [0.25, 0.3) is 0 Å². The third-order valence-electron chi connectivity index (χ3n) is 18.6. The van der Waals surface area contributed by atoms with Gasteiger partial charge >= 0.3 is 33.6 Å². The van der Waals surface area contributed by atoms with Crippen molar-refractivity contribution in [1.82, 2.24) is 0 Å². The van der Waals surface area contributed by atoms with Crippen molar-refractivity contribution in [3.05, 3.63) is 182 Å². The number of phosphoric acid groups is 2. The van der Waals surface area contributed by atoms with E-state index in [0.29, 0.717) is 19.3 Å². The maximum Gasteiger partial charge on any atom is 0.472 e. The van der Waals surface area contributed by atoms with Crippen LogP contribution in [0, 0.1) is 0 Å². The van der Waals surface area contributed by atoms with E-state index in [2.05, 4.69) is 203 Å². The highest BCUT2D eigenvalue weighted by molar-refractivity contribution is 7.47. The number of aliphatic hydroxyl groups is 2. The van der Waals surface area contributed by atoms with E-state index in [4.69, 9.17) is 32.3 Å². The first-order valence-corrected chi connectivity index (χ1v) is 48.1. The fourth-order valence-electron chi connectivity index (χ4n) is 11.8. The number of carbonyl (C=O) groups is 3. The van der Waals surface area contributed by atoms with Crippen LogP contribution < -0.4 is 0 Å². The third-order valence-corrected chi connectivity index (χ3v) is 20.5. The Hall–Kier alpha value is -5.35. The van der Waals surface area contributed by atoms with Gasteiger partial charge in [-0.05, 0) is 161 Å². The zero-order chi connectivity index (χ0) is 83.6. The summed E-state index contributed by atoms with van der Waals surface area (Å²) in [5.74, 6) is -1.61. The summed E-state index contributed by atoms with van der Waals surface area (Å²) in [6.07, 6.45) is 115. The topological polar surface area (TPSA) is 231 Å². The van der Waals surface area contributed by atoms with Gasteiger partial charge in [-0.25, -0.2) is 9.13 Å². The van der Waals surface area contributed by atoms with Crippen LogP contribution in [-0.4, -0.2) is 95.9 Å². The van der Waals surface area contributed by atoms with Gasteiger partial charge in [-0.15, -0.1) is 0 Å². The van der Waals surface area contributed by atoms with Gasteiger partial charge in [-0.2, -0.15) is 0 Å². The highest BCUT2D eigenvalue weighted by atomic mass is 31.2. The Morgan fingerprint density at radius 3 is 0.730 bits per heavy atom. The van der Waals surface area contributed by atoms with E-state index < -0.39 is 91.5 Å². The second-order valence-electron chi connectivity index (χ2n) is 29.6. The lowest BCUT2D eigenvalue weighted by Crippen LogP contribution is -2.30. The average Bonchev–Trinajstić information content (AvgIpc) is 0.889. The molecule has 0 aliphatic rings. The molecule has 16 nitrogen and oxygen atoms in total. The molecule has 0 aliphatic heterocycles. The molecule has 115 heavy (non-hydrogen) atoms. The molecule has 656 valence electrons. The van der Waals surface area contributed by atoms with Crippen LogP contribution in [0.25, 0.3) is 0 Å². The van der Waals surface area contributed by atoms with Gasteiger partial charge < -0.3 is 34.2 Å². The second kappa shape index (κ2) is 87.9. The molecular formula is C97H162O16P2. The Morgan fingerprint density at radius 1 is 0.252 bits per heavy atom. The van der Waals surface area contributed by atoms with Gasteiger partial charge in [0, 0.05) is 19.3 Å². The average molecular weight is 1650 g/mol. The number of rotatable bonds is 84. The molecule has 0 aromatic carbocycles. The fraction of sp³-hybridized carbons (Fsp3) is 0.660. The first-order chi connectivity index (χ1) is 56.2. The van der Waals surface area contributed by atoms with Gasteiger partial charge in [-0.1, -0.05) is 357 Å². The lowest BCUT2D eigenvalue weighted by Gasteiger charge is -2.21. The highest BCUT2D eigenvalue weighted by Gasteiger charge is 2.29. The molecule has 0 aliphatic carbocycles. The van der Waals surface area contributed by atoms with Crippen LogP contribution in [0.2, 0.25) is 0 Å². The minimum absolute atomic E-state index is 0.0673. The van der Waals surface area contributed by atoms with E-state index in [1.165, 1.54) is 128 Å². The zero-order valence-electron chi connectivity index (χ0n) is 72.1. The van der Waals surface area contributed by atoms with Crippen LogP contribution in [-0.2, 0) is 55.8 Å². The van der Waals surface area contributed by atoms with Crippen LogP contribution in [0.4, 0.5) is 0 Å². The van der Waals surface area contributed by atoms with E-state index in [1.807, 2.05) is 0 Å². The van der Waals surface area contributed by atoms with Crippen molar-refractivity contribution in [2.24, 2.45) is 0 Å². The van der Waals surface area contributed by atoms with E-state index >= 15 is 0 Å². The second-order valence-corrected chi connectivity index (χ2v) is 32.5. The van der Waals surface area contributed by atoms with Crippen molar-refractivity contribution in [1.29, 1.82) is 0 Å². The van der Waals surface area contributed by atoms with Crippen molar-refractivity contribution < 1.29 is 75.8 Å². The van der Waals surface area contributed by atoms with E-state index in [-0.39, 0.29) is 19.3 Å². The molecule has 5 atom stereocenters. The maximum absolute atomic E-state index is 13.1. The minimum Gasteiger partial charge on any atom is -0.463 e. The van der Waals surface area contributed by atoms with Crippen LogP contribution in [0.5, 0.6) is 0 Å². The number of allylic oxidation sites excluding steroid dienone is 30. The molecule has 0 spiro atoms. The molecule has 0 amide bonds. The Kier molecular flexibility index (Phi) is 83.9. The molecule has 0 saturated carbocycles. The molecule has 0 radical (unpaired) electrons. The molecule has 18 heteroatoms. The SMILES string of the molecule is CC/C=C\C/C=C\C/C=C\C/C=C\C/C=C\C/C=C\CCCCCCC(=O)OC(COC(=O)CCCCCCCCCCC/C=C\C/C=C\C/C=C\C/C=C\CCCCC)COP(=O)(O)OCC(O)COP(=O)(O)OCC(O)COC(=O)CCCCCCCCCCCCCCCCC/C=C\C/C=C\C/C=C\C/C=C\C/C=C\CC. The number of aliphatic hydroxyl groups excluding tert-OH is 2. The fourth-order valence-corrected chi connectivity index (χ4v) is 13.4. The number of ether oxygens (including phenoxy) is 3. The molecule has 4 N–H and O–H groups in total. The summed E-state index contributed by atoms with van der Waals surface area (Å²) in [6, 6.07) is 0. The number of esters is 3. The van der Waals surface area contributed by atoms with Gasteiger partial charge in [0.1, 0.15) is 25.4 Å². The van der Waals surface area contributed by atoms with Gasteiger partial charge in [0.05, 0.1) is 26.4 Å². The molecular weight excluding hydrogens is 1480 g/mol. The van der Waals surface area contributed by atoms with E-state index in [9.17, 15) is 43.5 Å². The monoisotopic (exact) mass is 1650 g/mol. The normalized spacial score (nSPS) is 14.7. The van der Waals surface area contributed by atoms with E-state index in [0.717, 1.165) is 167 Å². The third kappa shape index (κ3) is 89.3. The first kappa shape index (κ1) is 110. The summed E-state index contributed by atoms with van der Waals surface area (Å²) in [6.45, 7) is 2.41. The number of hydrogen-bond acceptors (Lipinski definition) is 14. The summed E-state index contributed by atoms with van der Waals surface area (Å²) >= 11 is 0. The van der Waals surface area contributed by atoms with Gasteiger partial charge in [0.15, 0.2) is 6.10 Å². The van der Waals surface area contributed by atoms with Crippen LogP contribution in [0.1, 0.15) is 355 Å². The zero-order valence-corrected chi connectivity index (χ0v) is 73.9. The van der Waals surface area contributed by atoms with Crippen LogP contribution >= 0.6 is 15.6 Å². The summed E-state index contributed by atoms with van der Waals surface area (Å²) in [4.78, 5) is 59.0. The summed E-state index contributed by atoms with van der Waals surface area (Å²) < 4.78 is 61.4. The smallest absolute Gasteiger partial charge is 0.463 e. The molecule has 0 fully saturated rings.